The van der Waals surface area contributed by atoms with Crippen LogP contribution in [0.5, 0.6) is 0 Å². The molecule has 1 atom stereocenters. The van der Waals surface area contributed by atoms with Gasteiger partial charge in [-0.2, -0.15) is 0 Å². The number of hydrogen-bond donors (Lipinski definition) is 1. The van der Waals surface area contributed by atoms with Gasteiger partial charge in [0.15, 0.2) is 0 Å². The summed E-state index contributed by atoms with van der Waals surface area (Å²) < 4.78 is 14.7. The highest BCUT2D eigenvalue weighted by Gasteiger charge is 2.15. The Morgan fingerprint density at radius 2 is 2.17 bits per heavy atom. The number of nitrogens with one attached hydrogen (secondary N) is 1. The van der Waals surface area contributed by atoms with Gasteiger partial charge in [-0.15, -0.1) is 0 Å². The minimum atomic E-state index is -0.200. The molecule has 1 heterocycles. The second-order valence-corrected chi connectivity index (χ2v) is 4.95. The molecule has 0 aliphatic carbocycles. The highest BCUT2D eigenvalue weighted by Crippen LogP contribution is 2.23. The van der Waals surface area contributed by atoms with Gasteiger partial charge in [-0.25, -0.2) is 4.39 Å². The zero-order valence-corrected chi connectivity index (χ0v) is 11.6. The van der Waals surface area contributed by atoms with Crippen LogP contribution in [0.4, 0.5) is 4.39 Å². The molecule has 0 saturated carbocycles. The summed E-state index contributed by atoms with van der Waals surface area (Å²) in [6.45, 7) is 0. The van der Waals surface area contributed by atoms with Crippen LogP contribution in [0.2, 0.25) is 0 Å². The molecule has 94 valence electrons. The lowest BCUT2D eigenvalue weighted by molar-refractivity contribution is 0.530. The van der Waals surface area contributed by atoms with E-state index in [2.05, 4.69) is 26.2 Å². The molecule has 1 aromatic heterocycles. The van der Waals surface area contributed by atoms with Crippen LogP contribution in [0, 0.1) is 5.82 Å². The zero-order valence-electron chi connectivity index (χ0n) is 10.0. The highest BCUT2D eigenvalue weighted by molar-refractivity contribution is 9.10. The molecule has 2 nitrogen and oxygen atoms in total. The van der Waals surface area contributed by atoms with E-state index in [1.807, 2.05) is 25.2 Å². The molecule has 0 saturated heterocycles. The van der Waals surface area contributed by atoms with Gasteiger partial charge >= 0.3 is 0 Å². The summed E-state index contributed by atoms with van der Waals surface area (Å²) in [6.07, 6.45) is 2.41. The lowest BCUT2D eigenvalue weighted by atomic mass is 10.0. The van der Waals surface area contributed by atoms with E-state index < -0.39 is 0 Å². The number of rotatable bonds is 4. The third-order valence-electron chi connectivity index (χ3n) is 2.82. The lowest BCUT2D eigenvalue weighted by Gasteiger charge is -2.17. The molecule has 0 amide bonds. The summed E-state index contributed by atoms with van der Waals surface area (Å²) in [7, 11) is 1.83. The SMILES string of the molecule is CNC(Cc1ccccn1)c1cc(Br)ccc1F. The summed E-state index contributed by atoms with van der Waals surface area (Å²) in [5.41, 5.74) is 1.59. The van der Waals surface area contributed by atoms with Crippen molar-refractivity contribution in [3.63, 3.8) is 0 Å². The van der Waals surface area contributed by atoms with Crippen LogP contribution in [0.15, 0.2) is 47.1 Å². The van der Waals surface area contributed by atoms with Crippen molar-refractivity contribution in [1.82, 2.24) is 10.3 Å². The van der Waals surface area contributed by atoms with Gasteiger partial charge in [0.05, 0.1) is 0 Å². The number of halogens is 2. The predicted molar refractivity (Wildman–Crippen MR) is 73.8 cm³/mol. The van der Waals surface area contributed by atoms with Gasteiger partial charge in [-0.3, -0.25) is 4.98 Å². The molecule has 2 aromatic rings. The average Bonchev–Trinajstić information content (AvgIpc) is 2.40. The van der Waals surface area contributed by atoms with Crippen molar-refractivity contribution in [3.8, 4) is 0 Å². The third kappa shape index (κ3) is 3.15. The minimum absolute atomic E-state index is 0.0857. The quantitative estimate of drug-likeness (QED) is 0.935. The molecule has 18 heavy (non-hydrogen) atoms. The highest BCUT2D eigenvalue weighted by atomic mass is 79.9. The number of nitrogens with zero attached hydrogens (tertiary/aromatic N) is 1. The van der Waals surface area contributed by atoms with Gasteiger partial charge in [-0.05, 0) is 37.4 Å². The number of benzene rings is 1. The Kier molecular flexibility index (Phi) is 4.44. The van der Waals surface area contributed by atoms with Gasteiger partial charge in [0.25, 0.3) is 0 Å². The van der Waals surface area contributed by atoms with Gasteiger partial charge in [-0.1, -0.05) is 22.0 Å². The van der Waals surface area contributed by atoms with Gasteiger partial charge in [0.1, 0.15) is 5.82 Å². The molecule has 0 fully saturated rings. The van der Waals surface area contributed by atoms with E-state index in [9.17, 15) is 4.39 Å². The number of likely N-dealkylation sites (N-methyl/N-ethyl adjacent to an activating group) is 1. The molecule has 0 aliphatic rings. The summed E-state index contributed by atoms with van der Waals surface area (Å²) in [5, 5.41) is 3.13. The molecular formula is C14H14BrFN2. The molecule has 0 aliphatic heterocycles. The van der Waals surface area contributed by atoms with Crippen LogP contribution in [0.1, 0.15) is 17.3 Å². The van der Waals surface area contributed by atoms with Crippen LogP contribution in [0.3, 0.4) is 0 Å². The Morgan fingerprint density at radius 1 is 1.33 bits per heavy atom. The van der Waals surface area contributed by atoms with Crippen LogP contribution in [-0.2, 0) is 6.42 Å². The van der Waals surface area contributed by atoms with E-state index in [1.165, 1.54) is 6.07 Å². The fourth-order valence-corrected chi connectivity index (χ4v) is 2.26. The summed E-state index contributed by atoms with van der Waals surface area (Å²) >= 11 is 3.37. The maximum Gasteiger partial charge on any atom is 0.128 e. The van der Waals surface area contributed by atoms with Crippen molar-refractivity contribution in [1.29, 1.82) is 0 Å². The molecule has 1 unspecified atom stereocenters. The van der Waals surface area contributed by atoms with Crippen molar-refractivity contribution in [2.75, 3.05) is 7.05 Å². The van der Waals surface area contributed by atoms with E-state index >= 15 is 0 Å². The fourth-order valence-electron chi connectivity index (χ4n) is 1.88. The van der Waals surface area contributed by atoms with Crippen molar-refractivity contribution in [2.24, 2.45) is 0 Å². The van der Waals surface area contributed by atoms with Gasteiger partial charge < -0.3 is 5.32 Å². The zero-order chi connectivity index (χ0) is 13.0. The molecule has 1 N–H and O–H groups in total. The van der Waals surface area contributed by atoms with Crippen molar-refractivity contribution >= 4 is 15.9 Å². The normalized spacial score (nSPS) is 12.4. The summed E-state index contributed by atoms with van der Waals surface area (Å²) in [4.78, 5) is 4.27. The van der Waals surface area contributed by atoms with E-state index in [1.54, 1.807) is 18.3 Å². The number of pyridine rings is 1. The van der Waals surface area contributed by atoms with Crippen molar-refractivity contribution in [3.05, 3.63) is 64.1 Å². The third-order valence-corrected chi connectivity index (χ3v) is 3.31. The van der Waals surface area contributed by atoms with E-state index in [0.29, 0.717) is 12.0 Å². The molecule has 2 rings (SSSR count). The Hall–Kier alpha value is -1.26. The van der Waals surface area contributed by atoms with Gasteiger partial charge in [0, 0.05) is 34.4 Å². The molecule has 0 radical (unpaired) electrons. The van der Waals surface area contributed by atoms with E-state index in [4.69, 9.17) is 0 Å². The Labute approximate surface area is 114 Å². The molecule has 0 spiro atoms. The first-order valence-corrected chi connectivity index (χ1v) is 6.52. The Balaban J connectivity index is 2.26. The first-order chi connectivity index (χ1) is 8.70. The molecule has 1 aromatic carbocycles. The number of hydrogen-bond acceptors (Lipinski definition) is 2. The second-order valence-electron chi connectivity index (χ2n) is 4.03. The summed E-state index contributed by atoms with van der Waals surface area (Å²) in [6, 6.07) is 10.6. The monoisotopic (exact) mass is 308 g/mol. The molecular weight excluding hydrogens is 295 g/mol. The lowest BCUT2D eigenvalue weighted by Crippen LogP contribution is -2.20. The topological polar surface area (TPSA) is 24.9 Å². The first-order valence-electron chi connectivity index (χ1n) is 5.73. The average molecular weight is 309 g/mol. The van der Waals surface area contributed by atoms with E-state index in [-0.39, 0.29) is 11.9 Å². The molecule has 4 heteroatoms. The predicted octanol–water partition coefficient (Wildman–Crippen LogP) is 3.49. The first kappa shape index (κ1) is 13.2. The smallest absolute Gasteiger partial charge is 0.128 e. The van der Waals surface area contributed by atoms with E-state index in [0.717, 1.165) is 10.2 Å². The van der Waals surface area contributed by atoms with Crippen LogP contribution >= 0.6 is 15.9 Å². The Bertz CT molecular complexity index is 516. The fraction of sp³-hybridized carbons (Fsp3) is 0.214. The maximum absolute atomic E-state index is 13.8. The van der Waals surface area contributed by atoms with Crippen molar-refractivity contribution < 1.29 is 4.39 Å². The largest absolute Gasteiger partial charge is 0.313 e. The minimum Gasteiger partial charge on any atom is -0.313 e. The second kappa shape index (κ2) is 6.07. The summed E-state index contributed by atoms with van der Waals surface area (Å²) in [5.74, 6) is -0.200. The standard InChI is InChI=1S/C14H14BrFN2/c1-17-14(9-11-4-2-3-7-18-11)12-8-10(15)5-6-13(12)16/h2-8,14,17H,9H2,1H3. The Morgan fingerprint density at radius 3 is 2.83 bits per heavy atom. The van der Waals surface area contributed by atoms with Gasteiger partial charge in [0.2, 0.25) is 0 Å². The van der Waals surface area contributed by atoms with Crippen LogP contribution in [-0.4, -0.2) is 12.0 Å². The number of aromatic nitrogens is 1. The van der Waals surface area contributed by atoms with Crippen LogP contribution < -0.4 is 5.32 Å². The maximum atomic E-state index is 13.8. The molecule has 0 bridgehead atoms. The van der Waals surface area contributed by atoms with Crippen LogP contribution in [0.25, 0.3) is 0 Å². The van der Waals surface area contributed by atoms with Crippen molar-refractivity contribution in [2.45, 2.75) is 12.5 Å².